The minimum atomic E-state index is -0.356. The fourth-order valence-electron chi connectivity index (χ4n) is 2.15. The van der Waals surface area contributed by atoms with Crippen LogP contribution in [0.3, 0.4) is 0 Å². The highest BCUT2D eigenvalue weighted by atomic mass is 32.1. The summed E-state index contributed by atoms with van der Waals surface area (Å²) in [5.41, 5.74) is 0. The molecule has 0 radical (unpaired) electrons. The van der Waals surface area contributed by atoms with E-state index in [9.17, 15) is 4.39 Å². The number of hydrogen-bond acceptors (Lipinski definition) is 6. The Balaban J connectivity index is 1.55. The van der Waals surface area contributed by atoms with Crippen molar-refractivity contribution in [3.05, 3.63) is 53.5 Å². The maximum absolute atomic E-state index is 13.5. The molecule has 126 valence electrons. The van der Waals surface area contributed by atoms with Crippen LogP contribution in [0.1, 0.15) is 18.9 Å². The smallest absolute Gasteiger partial charge is 0.257 e. The zero-order valence-electron chi connectivity index (χ0n) is 13.5. The minimum absolute atomic E-state index is 0.0598. The maximum atomic E-state index is 13.5. The summed E-state index contributed by atoms with van der Waals surface area (Å²) in [7, 11) is 1.93. The molecule has 0 aliphatic heterocycles. The molecule has 0 amide bonds. The molecule has 3 rings (SSSR count). The van der Waals surface area contributed by atoms with Crippen molar-refractivity contribution in [2.45, 2.75) is 13.0 Å². The summed E-state index contributed by atoms with van der Waals surface area (Å²) in [5, 5.41) is 10.2. The number of thiophene rings is 1. The standard InChI is InChI=1S/C17H18FN3O2S/c1-12(16-19-20-17(23-16)15-8-5-11-24-15)21(2)9-10-22-14-7-4-3-6-13(14)18/h3-8,11-12H,9-10H2,1-2H3. The Morgan fingerprint density at radius 3 is 2.83 bits per heavy atom. The van der Waals surface area contributed by atoms with Gasteiger partial charge in [-0.25, -0.2) is 4.39 Å². The highest BCUT2D eigenvalue weighted by Gasteiger charge is 2.19. The number of hydrogen-bond donors (Lipinski definition) is 0. The van der Waals surface area contributed by atoms with Crippen LogP contribution in [-0.4, -0.2) is 35.3 Å². The molecule has 24 heavy (non-hydrogen) atoms. The van der Waals surface area contributed by atoms with Gasteiger partial charge in [-0.2, -0.15) is 0 Å². The Morgan fingerprint density at radius 1 is 1.25 bits per heavy atom. The lowest BCUT2D eigenvalue weighted by molar-refractivity contribution is 0.179. The predicted octanol–water partition coefficient (Wildman–Crippen LogP) is 4.01. The lowest BCUT2D eigenvalue weighted by atomic mass is 10.3. The number of nitrogens with zero attached hydrogens (tertiary/aromatic N) is 3. The van der Waals surface area contributed by atoms with Crippen molar-refractivity contribution in [3.8, 4) is 16.5 Å². The van der Waals surface area contributed by atoms with Crippen LogP contribution < -0.4 is 4.74 Å². The first-order valence-electron chi connectivity index (χ1n) is 7.60. The van der Waals surface area contributed by atoms with Crippen molar-refractivity contribution in [3.63, 3.8) is 0 Å². The van der Waals surface area contributed by atoms with Gasteiger partial charge in [0.25, 0.3) is 5.89 Å². The fraction of sp³-hybridized carbons (Fsp3) is 0.294. The lowest BCUT2D eigenvalue weighted by Crippen LogP contribution is -2.27. The zero-order valence-corrected chi connectivity index (χ0v) is 14.3. The number of rotatable bonds is 7. The van der Waals surface area contributed by atoms with Gasteiger partial charge in [0.2, 0.25) is 5.89 Å². The van der Waals surface area contributed by atoms with Gasteiger partial charge in [0.15, 0.2) is 11.6 Å². The quantitative estimate of drug-likeness (QED) is 0.646. The molecule has 0 spiro atoms. The second kappa shape index (κ2) is 7.55. The van der Waals surface area contributed by atoms with Crippen LogP contribution in [0.4, 0.5) is 4.39 Å². The Hall–Kier alpha value is -2.25. The van der Waals surface area contributed by atoms with Crippen molar-refractivity contribution in [1.29, 1.82) is 0 Å². The third kappa shape index (κ3) is 3.80. The normalized spacial score (nSPS) is 12.5. The van der Waals surface area contributed by atoms with E-state index in [1.165, 1.54) is 6.07 Å². The van der Waals surface area contributed by atoms with Crippen LogP contribution in [0.25, 0.3) is 10.8 Å². The Kier molecular flexibility index (Phi) is 5.22. The van der Waals surface area contributed by atoms with Gasteiger partial charge < -0.3 is 9.15 Å². The van der Waals surface area contributed by atoms with E-state index in [2.05, 4.69) is 10.2 Å². The molecule has 3 aromatic rings. The first kappa shape index (κ1) is 16.6. The number of aromatic nitrogens is 2. The summed E-state index contributed by atoms with van der Waals surface area (Å²) in [5.74, 6) is 0.983. The number of para-hydroxylation sites is 1. The summed E-state index contributed by atoms with van der Waals surface area (Å²) in [4.78, 5) is 2.97. The van der Waals surface area contributed by atoms with E-state index in [1.54, 1.807) is 29.5 Å². The van der Waals surface area contributed by atoms with Crippen molar-refractivity contribution in [2.24, 2.45) is 0 Å². The van der Waals surface area contributed by atoms with Gasteiger partial charge in [-0.1, -0.05) is 18.2 Å². The van der Waals surface area contributed by atoms with E-state index in [-0.39, 0.29) is 17.6 Å². The molecule has 2 heterocycles. The van der Waals surface area contributed by atoms with E-state index in [0.717, 1.165) is 4.88 Å². The lowest BCUT2D eigenvalue weighted by Gasteiger charge is -2.21. The third-order valence-corrected chi connectivity index (χ3v) is 4.59. The largest absolute Gasteiger partial charge is 0.489 e. The Bertz CT molecular complexity index is 776. The average Bonchev–Trinajstić information content (AvgIpc) is 3.27. The second-order valence-electron chi connectivity index (χ2n) is 5.36. The van der Waals surface area contributed by atoms with Crippen LogP contribution in [0.15, 0.2) is 46.2 Å². The summed E-state index contributed by atoms with van der Waals surface area (Å²) in [6.07, 6.45) is 0. The highest BCUT2D eigenvalue weighted by Crippen LogP contribution is 2.26. The molecular formula is C17H18FN3O2S. The molecule has 0 aliphatic rings. The third-order valence-electron chi connectivity index (χ3n) is 3.73. The molecule has 0 fully saturated rings. The monoisotopic (exact) mass is 347 g/mol. The molecule has 0 bridgehead atoms. The summed E-state index contributed by atoms with van der Waals surface area (Å²) >= 11 is 1.56. The van der Waals surface area contributed by atoms with Crippen LogP contribution >= 0.6 is 11.3 Å². The maximum Gasteiger partial charge on any atom is 0.257 e. The second-order valence-corrected chi connectivity index (χ2v) is 6.31. The van der Waals surface area contributed by atoms with Crippen LogP contribution in [0.5, 0.6) is 5.75 Å². The number of benzene rings is 1. The molecule has 1 atom stereocenters. The van der Waals surface area contributed by atoms with Gasteiger partial charge >= 0.3 is 0 Å². The van der Waals surface area contributed by atoms with E-state index in [1.807, 2.05) is 36.4 Å². The molecule has 2 aromatic heterocycles. The molecule has 7 heteroatoms. The van der Waals surface area contributed by atoms with Crippen molar-refractivity contribution < 1.29 is 13.5 Å². The molecule has 0 saturated heterocycles. The summed E-state index contributed by atoms with van der Waals surface area (Å²) < 4.78 is 24.7. The van der Waals surface area contributed by atoms with Gasteiger partial charge in [0.1, 0.15) is 6.61 Å². The van der Waals surface area contributed by atoms with E-state index in [0.29, 0.717) is 24.9 Å². The number of likely N-dealkylation sites (N-methyl/N-ethyl adjacent to an activating group) is 1. The highest BCUT2D eigenvalue weighted by molar-refractivity contribution is 7.13. The predicted molar refractivity (Wildman–Crippen MR) is 90.6 cm³/mol. The van der Waals surface area contributed by atoms with Crippen LogP contribution in [-0.2, 0) is 0 Å². The summed E-state index contributed by atoms with van der Waals surface area (Å²) in [6, 6.07) is 10.2. The fourth-order valence-corrected chi connectivity index (χ4v) is 2.79. The minimum Gasteiger partial charge on any atom is -0.489 e. The average molecular weight is 347 g/mol. The molecule has 1 aromatic carbocycles. The van der Waals surface area contributed by atoms with Crippen LogP contribution in [0, 0.1) is 5.82 Å². The summed E-state index contributed by atoms with van der Waals surface area (Å²) in [6.45, 7) is 2.95. The Morgan fingerprint density at radius 2 is 2.08 bits per heavy atom. The van der Waals surface area contributed by atoms with Gasteiger partial charge in [0.05, 0.1) is 10.9 Å². The van der Waals surface area contributed by atoms with Gasteiger partial charge in [0, 0.05) is 6.54 Å². The SMILES string of the molecule is CC(c1nnc(-c2cccs2)o1)N(C)CCOc1ccccc1F. The van der Waals surface area contributed by atoms with Crippen molar-refractivity contribution in [1.82, 2.24) is 15.1 Å². The van der Waals surface area contributed by atoms with Crippen molar-refractivity contribution >= 4 is 11.3 Å². The Labute approximate surface area is 143 Å². The molecule has 1 unspecified atom stereocenters. The van der Waals surface area contributed by atoms with Crippen LogP contribution in [0.2, 0.25) is 0 Å². The molecule has 0 saturated carbocycles. The zero-order chi connectivity index (χ0) is 16.9. The van der Waals surface area contributed by atoms with Gasteiger partial charge in [-0.3, -0.25) is 4.90 Å². The first-order chi connectivity index (χ1) is 11.6. The van der Waals surface area contributed by atoms with Crippen molar-refractivity contribution in [2.75, 3.05) is 20.2 Å². The molecule has 0 aliphatic carbocycles. The number of halogens is 1. The van der Waals surface area contributed by atoms with E-state index < -0.39 is 0 Å². The van der Waals surface area contributed by atoms with Gasteiger partial charge in [-0.15, -0.1) is 21.5 Å². The molecule has 0 N–H and O–H groups in total. The van der Waals surface area contributed by atoms with Gasteiger partial charge in [-0.05, 0) is 37.6 Å². The molecular weight excluding hydrogens is 329 g/mol. The van der Waals surface area contributed by atoms with E-state index >= 15 is 0 Å². The molecule has 5 nitrogen and oxygen atoms in total. The van der Waals surface area contributed by atoms with E-state index in [4.69, 9.17) is 9.15 Å². The number of ether oxygens (including phenoxy) is 1. The first-order valence-corrected chi connectivity index (χ1v) is 8.48. The topological polar surface area (TPSA) is 51.4 Å².